The molecule has 0 unspecified atom stereocenters. The molecule has 1 amide bonds. The minimum Gasteiger partial charge on any atom is -0.484 e. The van der Waals surface area contributed by atoms with Crippen molar-refractivity contribution in [3.63, 3.8) is 0 Å². The molecule has 30 heavy (non-hydrogen) atoms. The van der Waals surface area contributed by atoms with Crippen LogP contribution in [0.25, 0.3) is 0 Å². The molecule has 1 N–H and O–H groups in total. The number of carbonyl (C=O) groups excluding carboxylic acids is 2. The molecule has 0 saturated heterocycles. The van der Waals surface area contributed by atoms with E-state index in [-0.39, 0.29) is 25.4 Å². The molecule has 1 atom stereocenters. The van der Waals surface area contributed by atoms with Gasteiger partial charge in [-0.15, -0.1) is 0 Å². The number of anilines is 1. The number of alkyl halides is 3. The lowest BCUT2D eigenvalue weighted by Crippen LogP contribution is -2.50. The summed E-state index contributed by atoms with van der Waals surface area (Å²) in [4.78, 5) is 25.6. The van der Waals surface area contributed by atoms with Crippen molar-refractivity contribution in [3.8, 4) is 5.75 Å². The smallest absolute Gasteiger partial charge is 0.432 e. The molecule has 0 spiro atoms. The molecule has 0 radical (unpaired) electrons. The zero-order chi connectivity index (χ0) is 22.4. The van der Waals surface area contributed by atoms with Crippen LogP contribution in [0.15, 0.2) is 54.6 Å². The highest BCUT2D eigenvalue weighted by Crippen LogP contribution is 2.40. The normalized spacial score (nSPS) is 13.3. The number of para-hydroxylation sites is 1. The Bertz CT molecular complexity index is 855. The Kier molecular flexibility index (Phi) is 7.44. The second kappa shape index (κ2) is 9.62. The highest BCUT2D eigenvalue weighted by atomic mass is 19.4. The summed E-state index contributed by atoms with van der Waals surface area (Å²) in [6, 6.07) is 13.0. The molecule has 2 aromatic carbocycles. The van der Waals surface area contributed by atoms with Crippen molar-refractivity contribution >= 4 is 17.6 Å². The van der Waals surface area contributed by atoms with E-state index in [9.17, 15) is 27.9 Å². The zero-order valence-electron chi connectivity index (χ0n) is 16.5. The van der Waals surface area contributed by atoms with E-state index in [2.05, 4.69) is 4.74 Å². The number of amides is 1. The molecule has 0 fully saturated rings. The Morgan fingerprint density at radius 2 is 1.60 bits per heavy atom. The molecular formula is C21H22F3NO5. The number of nitrogens with zero attached hydrogens (tertiary/aromatic N) is 1. The highest BCUT2D eigenvalue weighted by Gasteiger charge is 2.62. The summed E-state index contributed by atoms with van der Waals surface area (Å²) in [7, 11) is 0. The fourth-order valence-electron chi connectivity index (χ4n) is 2.76. The molecule has 162 valence electrons. The van der Waals surface area contributed by atoms with Gasteiger partial charge in [-0.1, -0.05) is 30.3 Å². The standard InChI is InChI=1S/C21H22F3NO5/c1-3-25(18(26)14-30-17-8-6-5-7-9-17)16-12-10-15(11-13-16)20(28,21(22,23)24)19(27)29-4-2/h5-13,28H,3-4,14H2,1-2H3/t20-/m0/s1. The van der Waals surface area contributed by atoms with E-state index in [1.807, 2.05) is 0 Å². The van der Waals surface area contributed by atoms with Gasteiger partial charge in [0.15, 0.2) is 6.61 Å². The summed E-state index contributed by atoms with van der Waals surface area (Å²) in [5.74, 6) is -1.72. The average Bonchev–Trinajstić information content (AvgIpc) is 2.72. The molecule has 0 heterocycles. The van der Waals surface area contributed by atoms with Crippen molar-refractivity contribution in [1.82, 2.24) is 0 Å². The van der Waals surface area contributed by atoms with Crippen LogP contribution in [-0.4, -0.2) is 42.9 Å². The van der Waals surface area contributed by atoms with Gasteiger partial charge in [-0.05, 0) is 38.1 Å². The summed E-state index contributed by atoms with van der Waals surface area (Å²) in [5.41, 5.74) is -4.23. The van der Waals surface area contributed by atoms with E-state index in [0.29, 0.717) is 5.75 Å². The number of ether oxygens (including phenoxy) is 2. The Hall–Kier alpha value is -3.07. The molecule has 0 bridgehead atoms. The third-order valence-electron chi connectivity index (χ3n) is 4.30. The first kappa shape index (κ1) is 23.2. The summed E-state index contributed by atoms with van der Waals surface area (Å²) in [5, 5.41) is 10.1. The van der Waals surface area contributed by atoms with E-state index >= 15 is 0 Å². The maximum absolute atomic E-state index is 13.4. The van der Waals surface area contributed by atoms with Gasteiger partial charge in [-0.25, -0.2) is 4.79 Å². The van der Waals surface area contributed by atoms with Gasteiger partial charge in [0.25, 0.3) is 11.5 Å². The molecule has 2 aromatic rings. The topological polar surface area (TPSA) is 76.1 Å². The number of halogens is 3. The van der Waals surface area contributed by atoms with Gasteiger partial charge in [0.05, 0.1) is 6.61 Å². The monoisotopic (exact) mass is 425 g/mol. The second-order valence-corrected chi connectivity index (χ2v) is 6.22. The molecular weight excluding hydrogens is 403 g/mol. The van der Waals surface area contributed by atoms with Crippen molar-refractivity contribution in [2.75, 3.05) is 24.7 Å². The largest absolute Gasteiger partial charge is 0.484 e. The first-order chi connectivity index (χ1) is 14.1. The number of hydrogen-bond acceptors (Lipinski definition) is 5. The molecule has 0 saturated carbocycles. The first-order valence-corrected chi connectivity index (χ1v) is 9.20. The number of rotatable bonds is 8. The van der Waals surface area contributed by atoms with Crippen molar-refractivity contribution in [1.29, 1.82) is 0 Å². The number of aliphatic hydroxyl groups is 1. The minimum atomic E-state index is -5.29. The highest BCUT2D eigenvalue weighted by molar-refractivity contribution is 5.94. The summed E-state index contributed by atoms with van der Waals surface area (Å²) < 4.78 is 50.2. The molecule has 0 aliphatic rings. The lowest BCUT2D eigenvalue weighted by atomic mass is 9.93. The van der Waals surface area contributed by atoms with Gasteiger partial charge in [0, 0.05) is 17.8 Å². The Morgan fingerprint density at radius 3 is 2.10 bits per heavy atom. The van der Waals surface area contributed by atoms with E-state index < -0.39 is 29.2 Å². The van der Waals surface area contributed by atoms with Crippen LogP contribution in [0.5, 0.6) is 5.75 Å². The number of hydrogen-bond donors (Lipinski definition) is 1. The summed E-state index contributed by atoms with van der Waals surface area (Å²) in [6.07, 6.45) is -5.29. The lowest BCUT2D eigenvalue weighted by molar-refractivity contribution is -0.267. The average molecular weight is 425 g/mol. The lowest BCUT2D eigenvalue weighted by Gasteiger charge is -2.29. The minimum absolute atomic E-state index is 0.234. The molecule has 0 aliphatic heterocycles. The Labute approximate surface area is 171 Å². The number of benzene rings is 2. The van der Waals surface area contributed by atoms with Crippen LogP contribution in [-0.2, 0) is 19.9 Å². The number of likely N-dealkylation sites (N-methyl/N-ethyl adjacent to an activating group) is 1. The van der Waals surface area contributed by atoms with Crippen LogP contribution < -0.4 is 9.64 Å². The van der Waals surface area contributed by atoms with Gasteiger partial charge < -0.3 is 19.5 Å². The maximum Gasteiger partial charge on any atom is 0.432 e. The maximum atomic E-state index is 13.4. The Balaban J connectivity index is 2.22. The predicted octanol–water partition coefficient (Wildman–Crippen LogP) is 3.43. The van der Waals surface area contributed by atoms with Crippen molar-refractivity contribution in [3.05, 3.63) is 60.2 Å². The van der Waals surface area contributed by atoms with Gasteiger partial charge in [0.1, 0.15) is 5.75 Å². The van der Waals surface area contributed by atoms with Crippen LogP contribution in [0.4, 0.5) is 18.9 Å². The number of esters is 1. The van der Waals surface area contributed by atoms with Gasteiger partial charge in [-0.2, -0.15) is 13.2 Å². The third kappa shape index (κ3) is 4.91. The fraction of sp³-hybridized carbons (Fsp3) is 0.333. The van der Waals surface area contributed by atoms with Crippen molar-refractivity contribution in [2.45, 2.75) is 25.6 Å². The molecule has 9 heteroatoms. The van der Waals surface area contributed by atoms with Crippen LogP contribution in [0.3, 0.4) is 0 Å². The second-order valence-electron chi connectivity index (χ2n) is 6.22. The summed E-state index contributed by atoms with van der Waals surface area (Å²) >= 11 is 0. The van der Waals surface area contributed by atoms with E-state index in [4.69, 9.17) is 4.74 Å². The van der Waals surface area contributed by atoms with Crippen molar-refractivity contribution < 1.29 is 37.3 Å². The van der Waals surface area contributed by atoms with Crippen LogP contribution in [0.2, 0.25) is 0 Å². The zero-order valence-corrected chi connectivity index (χ0v) is 16.5. The third-order valence-corrected chi connectivity index (χ3v) is 4.30. The van der Waals surface area contributed by atoms with Crippen LogP contribution in [0.1, 0.15) is 19.4 Å². The SMILES string of the molecule is CCOC(=O)[C@@](O)(c1ccc(N(CC)C(=O)COc2ccccc2)cc1)C(F)(F)F. The fourth-order valence-corrected chi connectivity index (χ4v) is 2.76. The van der Waals surface area contributed by atoms with E-state index in [0.717, 1.165) is 12.1 Å². The summed E-state index contributed by atoms with van der Waals surface area (Å²) in [6.45, 7) is 2.67. The number of carbonyl (C=O) groups is 2. The van der Waals surface area contributed by atoms with Gasteiger partial charge in [0.2, 0.25) is 0 Å². The van der Waals surface area contributed by atoms with Crippen LogP contribution in [0, 0.1) is 0 Å². The van der Waals surface area contributed by atoms with E-state index in [1.54, 1.807) is 37.3 Å². The van der Waals surface area contributed by atoms with E-state index in [1.165, 1.54) is 24.0 Å². The molecule has 2 rings (SSSR count). The molecule has 0 aromatic heterocycles. The van der Waals surface area contributed by atoms with Crippen molar-refractivity contribution in [2.24, 2.45) is 0 Å². The quantitative estimate of drug-likeness (QED) is 0.656. The first-order valence-electron chi connectivity index (χ1n) is 9.20. The predicted molar refractivity (Wildman–Crippen MR) is 103 cm³/mol. The molecule has 6 nitrogen and oxygen atoms in total. The van der Waals surface area contributed by atoms with Crippen LogP contribution >= 0.6 is 0 Å². The van der Waals surface area contributed by atoms with Gasteiger partial charge in [-0.3, -0.25) is 4.79 Å². The van der Waals surface area contributed by atoms with Gasteiger partial charge >= 0.3 is 12.1 Å². The molecule has 0 aliphatic carbocycles. The Morgan fingerprint density at radius 1 is 1.00 bits per heavy atom.